The van der Waals surface area contributed by atoms with Gasteiger partial charge < -0.3 is 18.3 Å². The van der Waals surface area contributed by atoms with Crippen molar-refractivity contribution in [2.24, 2.45) is 0 Å². The third kappa shape index (κ3) is 5.39. The van der Waals surface area contributed by atoms with E-state index in [4.69, 9.17) is 28.3 Å². The molecule has 5 rings (SSSR count). The first-order valence-corrected chi connectivity index (χ1v) is 11.8. The fourth-order valence-corrected chi connectivity index (χ4v) is 4.38. The number of hydrogen-bond donors (Lipinski definition) is 0. The number of oxazole rings is 2. The number of aromatic nitrogens is 2. The Hall–Kier alpha value is -3.62. The van der Waals surface area contributed by atoms with Gasteiger partial charge in [-0.05, 0) is 55.5 Å². The Morgan fingerprint density at radius 2 is 1.29 bits per heavy atom. The number of ether oxygens (including phenoxy) is 2. The summed E-state index contributed by atoms with van der Waals surface area (Å²) in [5.74, 6) is 2.89. The van der Waals surface area contributed by atoms with Crippen LogP contribution in [0.2, 0.25) is 0 Å². The second-order valence-electron chi connectivity index (χ2n) is 8.80. The molecule has 1 fully saturated rings. The van der Waals surface area contributed by atoms with Gasteiger partial charge >= 0.3 is 0 Å². The van der Waals surface area contributed by atoms with Crippen molar-refractivity contribution in [2.45, 2.75) is 26.1 Å². The Bertz CT molecular complexity index is 1230. The Kier molecular flexibility index (Phi) is 6.83. The molecule has 4 aromatic rings. The van der Waals surface area contributed by atoms with Crippen molar-refractivity contribution < 1.29 is 18.3 Å². The van der Waals surface area contributed by atoms with E-state index in [1.54, 1.807) is 26.7 Å². The van der Waals surface area contributed by atoms with Crippen LogP contribution in [0.5, 0.6) is 11.5 Å². The van der Waals surface area contributed by atoms with Crippen LogP contribution in [0.4, 0.5) is 0 Å². The Morgan fingerprint density at radius 3 is 1.77 bits per heavy atom. The van der Waals surface area contributed by atoms with Crippen LogP contribution < -0.4 is 9.47 Å². The van der Waals surface area contributed by atoms with E-state index >= 15 is 0 Å². The molecule has 0 spiro atoms. The summed E-state index contributed by atoms with van der Waals surface area (Å²) >= 11 is 0. The van der Waals surface area contributed by atoms with Gasteiger partial charge in [0.15, 0.2) is 0 Å². The zero-order chi connectivity index (χ0) is 24.2. The van der Waals surface area contributed by atoms with Crippen LogP contribution in [0.25, 0.3) is 22.9 Å². The second kappa shape index (κ2) is 10.3. The maximum atomic E-state index is 5.74. The molecule has 0 N–H and O–H groups in total. The van der Waals surface area contributed by atoms with Gasteiger partial charge in [-0.2, -0.15) is 0 Å². The van der Waals surface area contributed by atoms with Gasteiger partial charge in [-0.25, -0.2) is 9.97 Å². The fourth-order valence-electron chi connectivity index (χ4n) is 4.38. The second-order valence-corrected chi connectivity index (χ2v) is 8.80. The van der Waals surface area contributed by atoms with Gasteiger partial charge in [-0.1, -0.05) is 0 Å². The summed E-state index contributed by atoms with van der Waals surface area (Å²) < 4.78 is 21.9. The molecule has 182 valence electrons. The lowest BCUT2D eigenvalue weighted by molar-refractivity contribution is 0.0716. The normalized spacial score (nSPS) is 16.9. The fraction of sp³-hybridized carbons (Fsp3) is 0.333. The lowest BCUT2D eigenvalue weighted by Gasteiger charge is -2.39. The summed E-state index contributed by atoms with van der Waals surface area (Å²) in [6.45, 7) is 6.65. The van der Waals surface area contributed by atoms with Crippen molar-refractivity contribution in [3.8, 4) is 34.4 Å². The van der Waals surface area contributed by atoms with Crippen molar-refractivity contribution in [2.75, 3.05) is 33.9 Å². The molecule has 2 aromatic carbocycles. The van der Waals surface area contributed by atoms with Crippen molar-refractivity contribution in [3.63, 3.8) is 0 Å². The van der Waals surface area contributed by atoms with Gasteiger partial charge in [0.25, 0.3) is 0 Å². The lowest BCUT2D eigenvalue weighted by Crippen LogP contribution is -2.50. The maximum Gasteiger partial charge on any atom is 0.226 e. The zero-order valence-corrected chi connectivity index (χ0v) is 20.3. The zero-order valence-electron chi connectivity index (χ0n) is 20.3. The van der Waals surface area contributed by atoms with Crippen LogP contribution in [-0.2, 0) is 13.1 Å². The molecule has 0 radical (unpaired) electrons. The van der Waals surface area contributed by atoms with Crippen LogP contribution >= 0.6 is 0 Å². The quantitative estimate of drug-likeness (QED) is 0.363. The molecule has 3 heterocycles. The molecule has 35 heavy (non-hydrogen) atoms. The molecule has 1 unspecified atom stereocenters. The minimum Gasteiger partial charge on any atom is -0.497 e. The number of piperazine rings is 1. The number of hydrogen-bond acceptors (Lipinski definition) is 8. The summed E-state index contributed by atoms with van der Waals surface area (Å²) in [5.41, 5.74) is 3.77. The van der Waals surface area contributed by atoms with Gasteiger partial charge in [-0.15, -0.1) is 0 Å². The third-order valence-corrected chi connectivity index (χ3v) is 6.38. The number of methoxy groups -OCH3 is 2. The number of nitrogens with zero attached hydrogens (tertiary/aromatic N) is 4. The molecule has 8 nitrogen and oxygen atoms in total. The summed E-state index contributed by atoms with van der Waals surface area (Å²) in [4.78, 5) is 14.3. The van der Waals surface area contributed by atoms with E-state index in [1.165, 1.54) is 0 Å². The summed E-state index contributed by atoms with van der Waals surface area (Å²) in [7, 11) is 3.31. The van der Waals surface area contributed by atoms with Crippen molar-refractivity contribution in [3.05, 3.63) is 72.4 Å². The highest BCUT2D eigenvalue weighted by atomic mass is 16.5. The highest BCUT2D eigenvalue weighted by Gasteiger charge is 2.25. The molecule has 1 saturated heterocycles. The van der Waals surface area contributed by atoms with Gasteiger partial charge in [0.05, 0.1) is 25.6 Å². The first-order chi connectivity index (χ1) is 17.1. The molecule has 1 aliphatic rings. The number of benzene rings is 2. The summed E-state index contributed by atoms with van der Waals surface area (Å²) in [6.07, 6.45) is 3.52. The standard InChI is InChI=1S/C27H30N4O4/c1-19-14-30(15-22-17-34-26(28-22)20-4-8-24(32-2)9-5-20)12-13-31(19)16-23-18-35-27(29-23)21-6-10-25(33-3)11-7-21/h4-11,17-19H,12-16H2,1-3H3. The van der Waals surface area contributed by atoms with E-state index in [0.29, 0.717) is 17.8 Å². The van der Waals surface area contributed by atoms with E-state index < -0.39 is 0 Å². The van der Waals surface area contributed by atoms with Crippen molar-refractivity contribution in [1.29, 1.82) is 0 Å². The van der Waals surface area contributed by atoms with Gasteiger partial charge in [-0.3, -0.25) is 9.80 Å². The predicted octanol–water partition coefficient (Wildman–Crippen LogP) is 4.72. The molecule has 0 aliphatic carbocycles. The van der Waals surface area contributed by atoms with E-state index in [2.05, 4.69) is 16.7 Å². The maximum absolute atomic E-state index is 5.74. The summed E-state index contributed by atoms with van der Waals surface area (Å²) in [5, 5.41) is 0. The van der Waals surface area contributed by atoms with Gasteiger partial charge in [0.1, 0.15) is 24.0 Å². The van der Waals surface area contributed by atoms with Crippen LogP contribution in [0, 0.1) is 0 Å². The van der Waals surface area contributed by atoms with Gasteiger partial charge in [0, 0.05) is 49.9 Å². The van der Waals surface area contributed by atoms with E-state index in [1.807, 2.05) is 48.5 Å². The van der Waals surface area contributed by atoms with Crippen molar-refractivity contribution in [1.82, 2.24) is 19.8 Å². The van der Waals surface area contributed by atoms with E-state index in [0.717, 1.165) is 66.7 Å². The van der Waals surface area contributed by atoms with Crippen LogP contribution in [0.3, 0.4) is 0 Å². The largest absolute Gasteiger partial charge is 0.497 e. The molecule has 8 heteroatoms. The average Bonchev–Trinajstić information content (AvgIpc) is 3.56. The Labute approximate surface area is 205 Å². The SMILES string of the molecule is COc1ccc(-c2nc(CN3CCN(Cc4coc(-c5ccc(OC)cc5)n4)C(C)C3)co2)cc1. The molecule has 0 saturated carbocycles. The monoisotopic (exact) mass is 474 g/mol. The van der Waals surface area contributed by atoms with E-state index in [-0.39, 0.29) is 0 Å². The highest BCUT2D eigenvalue weighted by molar-refractivity contribution is 5.55. The number of rotatable bonds is 8. The Balaban J connectivity index is 1.15. The average molecular weight is 475 g/mol. The lowest BCUT2D eigenvalue weighted by atomic mass is 10.1. The van der Waals surface area contributed by atoms with Crippen LogP contribution in [0.1, 0.15) is 18.3 Å². The third-order valence-electron chi connectivity index (χ3n) is 6.38. The molecule has 1 aliphatic heterocycles. The first kappa shape index (κ1) is 23.1. The predicted molar refractivity (Wildman–Crippen MR) is 132 cm³/mol. The Morgan fingerprint density at radius 1 is 0.771 bits per heavy atom. The summed E-state index contributed by atoms with van der Waals surface area (Å²) in [6, 6.07) is 15.9. The van der Waals surface area contributed by atoms with E-state index in [9.17, 15) is 0 Å². The highest BCUT2D eigenvalue weighted by Crippen LogP contribution is 2.24. The minimum atomic E-state index is 0.387. The first-order valence-electron chi connectivity index (χ1n) is 11.8. The molecular formula is C27H30N4O4. The van der Waals surface area contributed by atoms with Gasteiger partial charge in [0.2, 0.25) is 11.8 Å². The van der Waals surface area contributed by atoms with Crippen LogP contribution in [0.15, 0.2) is 69.9 Å². The van der Waals surface area contributed by atoms with Crippen molar-refractivity contribution >= 4 is 0 Å². The molecule has 2 aromatic heterocycles. The molecule has 0 amide bonds. The topological polar surface area (TPSA) is 77.0 Å². The molecule has 0 bridgehead atoms. The molecular weight excluding hydrogens is 444 g/mol. The molecule has 1 atom stereocenters. The minimum absolute atomic E-state index is 0.387. The smallest absolute Gasteiger partial charge is 0.226 e. The van der Waals surface area contributed by atoms with Crippen LogP contribution in [-0.4, -0.2) is 59.7 Å².